The summed E-state index contributed by atoms with van der Waals surface area (Å²) in [7, 11) is -1.92. The highest BCUT2D eigenvalue weighted by Crippen LogP contribution is 2.45. The molecule has 3 heterocycles. The Labute approximate surface area is 208 Å². The van der Waals surface area contributed by atoms with Crippen LogP contribution in [0.4, 0.5) is 15.9 Å². The predicted octanol–water partition coefficient (Wildman–Crippen LogP) is 5.08. The zero-order valence-corrected chi connectivity index (χ0v) is 21.1. The highest BCUT2D eigenvalue weighted by Gasteiger charge is 2.44. The quantitative estimate of drug-likeness (QED) is 0.440. The Morgan fingerprint density at radius 1 is 1.15 bits per heavy atom. The van der Waals surface area contributed by atoms with Crippen molar-refractivity contribution in [2.75, 3.05) is 29.8 Å². The maximum Gasteiger partial charge on any atom is 0.272 e. The van der Waals surface area contributed by atoms with Crippen molar-refractivity contribution in [2.24, 2.45) is 11.8 Å². The second-order valence-electron chi connectivity index (χ2n) is 9.05. The molecule has 0 radical (unpaired) electrons. The molecule has 180 valence electrons. The van der Waals surface area contributed by atoms with Crippen LogP contribution in [0.2, 0.25) is 4.34 Å². The van der Waals surface area contributed by atoms with E-state index < -0.39 is 16.0 Å². The van der Waals surface area contributed by atoms with E-state index in [0.717, 1.165) is 55.6 Å². The summed E-state index contributed by atoms with van der Waals surface area (Å²) in [4.78, 5) is 8.28. The van der Waals surface area contributed by atoms with Gasteiger partial charge in [-0.05, 0) is 48.4 Å². The molecule has 34 heavy (non-hydrogen) atoms. The SMILES string of the molecule is CN(c1cc(S(=O)(=O)Nc2cccc(F)n2)sc1Cl)C1[C@@H]2CC[C@H]1CN(Cc1ccccc1)C2. The van der Waals surface area contributed by atoms with E-state index >= 15 is 0 Å². The molecule has 1 unspecified atom stereocenters. The van der Waals surface area contributed by atoms with Gasteiger partial charge in [-0.25, -0.2) is 13.4 Å². The van der Waals surface area contributed by atoms with Crippen LogP contribution in [0.1, 0.15) is 18.4 Å². The molecule has 5 rings (SSSR count). The third-order valence-corrected chi connectivity index (χ3v) is 9.97. The van der Waals surface area contributed by atoms with Crippen molar-refractivity contribution < 1.29 is 12.8 Å². The minimum Gasteiger partial charge on any atom is -0.369 e. The number of sulfonamides is 1. The number of piperidine rings is 1. The topological polar surface area (TPSA) is 65.5 Å². The van der Waals surface area contributed by atoms with E-state index in [-0.39, 0.29) is 10.0 Å². The number of aromatic nitrogens is 1. The van der Waals surface area contributed by atoms with Gasteiger partial charge >= 0.3 is 0 Å². The van der Waals surface area contributed by atoms with Crippen molar-refractivity contribution in [1.29, 1.82) is 0 Å². The molecule has 2 aliphatic rings. The van der Waals surface area contributed by atoms with E-state index in [9.17, 15) is 12.8 Å². The number of anilines is 2. The number of benzene rings is 1. The Balaban J connectivity index is 1.31. The van der Waals surface area contributed by atoms with Gasteiger partial charge in [-0.3, -0.25) is 9.62 Å². The fourth-order valence-corrected chi connectivity index (χ4v) is 8.22. The van der Waals surface area contributed by atoms with E-state index in [1.165, 1.54) is 17.7 Å². The molecule has 2 bridgehead atoms. The molecular formula is C24H26ClFN4O2S2. The minimum absolute atomic E-state index is 0.0664. The molecule has 1 saturated heterocycles. The lowest BCUT2D eigenvalue weighted by molar-refractivity contribution is 0.138. The summed E-state index contributed by atoms with van der Waals surface area (Å²) >= 11 is 7.55. The first-order chi connectivity index (χ1) is 16.3. The lowest BCUT2D eigenvalue weighted by Crippen LogP contribution is -2.51. The summed E-state index contributed by atoms with van der Waals surface area (Å²) in [5.41, 5.74) is 2.04. The normalized spacial score (nSPS) is 22.6. The zero-order chi connectivity index (χ0) is 23.9. The molecule has 2 fully saturated rings. The smallest absolute Gasteiger partial charge is 0.272 e. The maximum atomic E-state index is 13.4. The summed E-state index contributed by atoms with van der Waals surface area (Å²) in [6, 6.07) is 16.4. The average molecular weight is 521 g/mol. The Morgan fingerprint density at radius 2 is 1.85 bits per heavy atom. The van der Waals surface area contributed by atoms with Gasteiger partial charge in [0, 0.05) is 32.7 Å². The van der Waals surface area contributed by atoms with E-state index in [2.05, 4.69) is 43.8 Å². The first-order valence-corrected chi connectivity index (χ1v) is 13.9. The number of likely N-dealkylation sites (tertiary alicyclic amines) is 1. The van der Waals surface area contributed by atoms with Gasteiger partial charge in [0.1, 0.15) is 14.4 Å². The second-order valence-corrected chi connectivity index (χ2v) is 12.6. The minimum atomic E-state index is -3.93. The molecule has 0 spiro atoms. The first-order valence-electron chi connectivity index (χ1n) is 11.2. The van der Waals surface area contributed by atoms with Crippen molar-refractivity contribution in [2.45, 2.75) is 29.6 Å². The second kappa shape index (κ2) is 9.45. The van der Waals surface area contributed by atoms with Crippen LogP contribution >= 0.6 is 22.9 Å². The lowest BCUT2D eigenvalue weighted by Gasteiger charge is -2.43. The van der Waals surface area contributed by atoms with E-state index in [1.54, 1.807) is 6.07 Å². The van der Waals surface area contributed by atoms with Gasteiger partial charge in [-0.1, -0.05) is 48.0 Å². The Bertz CT molecular complexity index is 1260. The largest absolute Gasteiger partial charge is 0.369 e. The zero-order valence-electron chi connectivity index (χ0n) is 18.7. The molecule has 0 amide bonds. The molecule has 1 saturated carbocycles. The number of nitrogens with zero attached hydrogens (tertiary/aromatic N) is 3. The molecule has 1 aliphatic carbocycles. The van der Waals surface area contributed by atoms with Gasteiger partial charge < -0.3 is 4.90 Å². The molecule has 6 nitrogen and oxygen atoms in total. The summed E-state index contributed by atoms with van der Waals surface area (Å²) < 4.78 is 42.0. The maximum absolute atomic E-state index is 13.4. The number of fused-ring (bicyclic) bond motifs is 2. The summed E-state index contributed by atoms with van der Waals surface area (Å²) in [6.45, 7) is 2.98. The number of nitrogens with one attached hydrogen (secondary N) is 1. The van der Waals surface area contributed by atoms with Gasteiger partial charge in [0.15, 0.2) is 0 Å². The van der Waals surface area contributed by atoms with E-state index in [0.29, 0.717) is 22.2 Å². The Hall–Kier alpha value is -2.20. The van der Waals surface area contributed by atoms with Gasteiger partial charge in [0.25, 0.3) is 10.0 Å². The van der Waals surface area contributed by atoms with Gasteiger partial charge in [0.05, 0.1) is 5.69 Å². The number of halogens is 2. The number of thiophene rings is 1. The third kappa shape index (κ3) is 4.79. The fraction of sp³-hybridized carbons (Fsp3) is 0.375. The summed E-state index contributed by atoms with van der Waals surface area (Å²) in [5.74, 6) is 0.179. The molecule has 1 aliphatic heterocycles. The lowest BCUT2D eigenvalue weighted by atomic mass is 9.90. The van der Waals surface area contributed by atoms with Crippen LogP contribution in [0, 0.1) is 17.8 Å². The van der Waals surface area contributed by atoms with Crippen molar-refractivity contribution in [3.63, 3.8) is 0 Å². The van der Waals surface area contributed by atoms with Crippen molar-refractivity contribution in [3.05, 3.63) is 70.4 Å². The van der Waals surface area contributed by atoms with Crippen LogP contribution < -0.4 is 9.62 Å². The summed E-state index contributed by atoms with van der Waals surface area (Å²) in [5, 5.41) is 0. The van der Waals surface area contributed by atoms with Crippen molar-refractivity contribution >= 4 is 44.5 Å². The van der Waals surface area contributed by atoms with Crippen molar-refractivity contribution in [3.8, 4) is 0 Å². The van der Waals surface area contributed by atoms with Crippen LogP contribution in [0.5, 0.6) is 0 Å². The van der Waals surface area contributed by atoms with E-state index in [4.69, 9.17) is 11.6 Å². The monoisotopic (exact) mass is 520 g/mol. The third-order valence-electron chi connectivity index (χ3n) is 6.80. The number of hydrogen-bond donors (Lipinski definition) is 1. The Kier molecular flexibility index (Phi) is 6.54. The van der Waals surface area contributed by atoms with Crippen LogP contribution in [0.3, 0.4) is 0 Å². The molecule has 1 aromatic carbocycles. The highest BCUT2D eigenvalue weighted by molar-refractivity contribution is 7.94. The molecule has 3 aromatic rings. The molecular weight excluding hydrogens is 495 g/mol. The number of pyridine rings is 1. The molecule has 1 N–H and O–H groups in total. The van der Waals surface area contributed by atoms with Crippen molar-refractivity contribution in [1.82, 2.24) is 9.88 Å². The number of rotatable bonds is 7. The van der Waals surface area contributed by atoms with Gasteiger partial charge in [-0.2, -0.15) is 4.39 Å². The average Bonchev–Trinajstić information content (AvgIpc) is 3.32. The number of hydrogen-bond acceptors (Lipinski definition) is 6. The standard InChI is InChI=1S/C24H26ClFN4O2S2/c1-29(23-17-10-11-18(23)15-30(14-17)13-16-6-3-2-4-7-16)19-12-22(33-24(19)25)34(31,32)28-21-9-5-8-20(26)27-21/h2-9,12,17-18,23H,10-11,13-15H2,1H3,(H,27,28)/t17-,18+,23?. The van der Waals surface area contributed by atoms with Crippen LogP contribution in [0.25, 0.3) is 0 Å². The molecule has 3 atom stereocenters. The fourth-order valence-electron chi connectivity index (χ4n) is 5.42. The van der Waals surface area contributed by atoms with Crippen LogP contribution in [0.15, 0.2) is 58.8 Å². The predicted molar refractivity (Wildman–Crippen MR) is 134 cm³/mol. The molecule has 2 aromatic heterocycles. The molecule has 10 heteroatoms. The Morgan fingerprint density at radius 3 is 2.53 bits per heavy atom. The first kappa shape index (κ1) is 23.5. The van der Waals surface area contributed by atoms with Crippen LogP contribution in [-0.2, 0) is 16.6 Å². The van der Waals surface area contributed by atoms with E-state index in [1.807, 2.05) is 13.1 Å². The highest BCUT2D eigenvalue weighted by atomic mass is 35.5. The van der Waals surface area contributed by atoms with Gasteiger partial charge in [0.2, 0.25) is 5.95 Å². The summed E-state index contributed by atoms with van der Waals surface area (Å²) in [6.07, 6.45) is 2.31. The van der Waals surface area contributed by atoms with Gasteiger partial charge in [-0.15, -0.1) is 11.3 Å². The van der Waals surface area contributed by atoms with Crippen LogP contribution in [-0.4, -0.2) is 44.5 Å².